The molecule has 3 aromatic rings. The molecule has 1 fully saturated rings. The number of unbranched alkanes of at least 4 members (excludes halogenated alkanes) is 2. The molecule has 0 radical (unpaired) electrons. The highest BCUT2D eigenvalue weighted by molar-refractivity contribution is 5.96. The molecule has 0 bridgehead atoms. The zero-order chi connectivity index (χ0) is 23.6. The minimum Gasteiger partial charge on any atom is -0.372 e. The topological polar surface area (TPSA) is 69.7 Å². The number of rotatable bonds is 10. The number of azo groups is 2. The fraction of sp³-hybridized carbons (Fsp3) is 0.321. The lowest BCUT2D eigenvalue weighted by Gasteiger charge is -2.17. The van der Waals surface area contributed by atoms with Crippen LogP contribution < -0.4 is 4.90 Å². The van der Waals surface area contributed by atoms with Crippen molar-refractivity contribution >= 4 is 34.2 Å². The van der Waals surface area contributed by atoms with E-state index in [4.69, 9.17) is 0 Å². The van der Waals surface area contributed by atoms with Crippen LogP contribution in [-0.2, 0) is 0 Å². The Balaban J connectivity index is 1.30. The van der Waals surface area contributed by atoms with Crippen molar-refractivity contribution in [2.45, 2.75) is 45.4 Å². The Hall–Kier alpha value is -3.67. The molecular weight excluding hydrogens is 422 g/mol. The van der Waals surface area contributed by atoms with E-state index in [1.807, 2.05) is 60.7 Å². The molecule has 6 nitrogen and oxygen atoms in total. The molecule has 3 aromatic carbocycles. The molecular formula is C28H31N5O. The molecule has 6 heteroatoms. The summed E-state index contributed by atoms with van der Waals surface area (Å²) in [5.74, 6) is 0.184. The highest BCUT2D eigenvalue weighted by Crippen LogP contribution is 2.26. The predicted molar refractivity (Wildman–Crippen MR) is 138 cm³/mol. The number of carbonyl (C=O) groups is 1. The molecule has 174 valence electrons. The minimum atomic E-state index is 0.184. The Bertz CT molecular complexity index is 1110. The molecule has 0 unspecified atom stereocenters. The second kappa shape index (κ2) is 12.0. The van der Waals surface area contributed by atoms with Gasteiger partial charge in [0.1, 0.15) is 0 Å². The highest BCUT2D eigenvalue weighted by Gasteiger charge is 2.11. The molecule has 0 aromatic heterocycles. The van der Waals surface area contributed by atoms with E-state index in [9.17, 15) is 4.79 Å². The Kier molecular flexibility index (Phi) is 8.27. The summed E-state index contributed by atoms with van der Waals surface area (Å²) in [6.45, 7) is 4.40. The van der Waals surface area contributed by atoms with Crippen LogP contribution in [0, 0.1) is 0 Å². The summed E-state index contributed by atoms with van der Waals surface area (Å²) in [7, 11) is 0. The van der Waals surface area contributed by atoms with E-state index in [1.54, 1.807) is 0 Å². The van der Waals surface area contributed by atoms with Gasteiger partial charge in [-0.3, -0.25) is 4.79 Å². The predicted octanol–water partition coefficient (Wildman–Crippen LogP) is 8.88. The van der Waals surface area contributed by atoms with Gasteiger partial charge in [-0.25, -0.2) is 0 Å². The summed E-state index contributed by atoms with van der Waals surface area (Å²) in [5, 5.41) is 17.2. The summed E-state index contributed by atoms with van der Waals surface area (Å²) in [6.07, 6.45) is 6.28. The SMILES string of the molecule is CCCCCC(=O)c1ccc(N=Nc2ccc(N=Nc3ccc(N4CCCC4)cc3)cc2)cc1. The van der Waals surface area contributed by atoms with Crippen LogP contribution in [0.15, 0.2) is 93.3 Å². The average molecular weight is 454 g/mol. The van der Waals surface area contributed by atoms with Gasteiger partial charge < -0.3 is 4.90 Å². The van der Waals surface area contributed by atoms with Crippen molar-refractivity contribution in [3.05, 3.63) is 78.4 Å². The third-order valence-electron chi connectivity index (χ3n) is 5.93. The zero-order valence-corrected chi connectivity index (χ0v) is 19.7. The summed E-state index contributed by atoms with van der Waals surface area (Å²) in [5.41, 5.74) is 5.02. The van der Waals surface area contributed by atoms with Gasteiger partial charge in [0.15, 0.2) is 5.78 Å². The number of benzene rings is 3. The second-order valence-electron chi connectivity index (χ2n) is 8.55. The van der Waals surface area contributed by atoms with E-state index in [1.165, 1.54) is 18.5 Å². The van der Waals surface area contributed by atoms with Gasteiger partial charge in [0.25, 0.3) is 0 Å². The van der Waals surface area contributed by atoms with Gasteiger partial charge >= 0.3 is 0 Å². The van der Waals surface area contributed by atoms with Crippen LogP contribution >= 0.6 is 0 Å². The lowest BCUT2D eigenvalue weighted by Crippen LogP contribution is -2.17. The molecule has 0 saturated carbocycles. The number of anilines is 1. The quantitative estimate of drug-likeness (QED) is 0.175. The van der Waals surface area contributed by atoms with E-state index in [0.717, 1.165) is 55.0 Å². The Morgan fingerprint density at radius 2 is 1.12 bits per heavy atom. The molecule has 0 amide bonds. The van der Waals surface area contributed by atoms with E-state index >= 15 is 0 Å². The molecule has 1 aliphatic rings. The number of Topliss-reactive ketones (excluding diaryl/α,β-unsaturated/α-hetero) is 1. The van der Waals surface area contributed by atoms with Crippen LogP contribution in [0.25, 0.3) is 0 Å². The smallest absolute Gasteiger partial charge is 0.162 e. The minimum absolute atomic E-state index is 0.184. The number of ketones is 1. The Morgan fingerprint density at radius 3 is 1.59 bits per heavy atom. The number of carbonyl (C=O) groups excluding carboxylic acids is 1. The van der Waals surface area contributed by atoms with Crippen molar-refractivity contribution < 1.29 is 4.79 Å². The fourth-order valence-corrected chi connectivity index (χ4v) is 3.92. The first-order chi connectivity index (χ1) is 16.7. The van der Waals surface area contributed by atoms with E-state index < -0.39 is 0 Å². The normalized spacial score (nSPS) is 13.9. The van der Waals surface area contributed by atoms with Crippen molar-refractivity contribution in [3.63, 3.8) is 0 Å². The third-order valence-corrected chi connectivity index (χ3v) is 5.93. The van der Waals surface area contributed by atoms with Crippen LogP contribution in [0.5, 0.6) is 0 Å². The first kappa shape index (κ1) is 23.5. The largest absolute Gasteiger partial charge is 0.372 e. The van der Waals surface area contributed by atoms with Gasteiger partial charge in [-0.2, -0.15) is 20.5 Å². The summed E-state index contributed by atoms with van der Waals surface area (Å²) in [6, 6.07) is 23.0. The van der Waals surface area contributed by atoms with Gasteiger partial charge in [-0.1, -0.05) is 19.8 Å². The first-order valence-corrected chi connectivity index (χ1v) is 12.1. The number of hydrogen-bond donors (Lipinski definition) is 0. The van der Waals surface area contributed by atoms with Gasteiger partial charge in [-0.05, 0) is 92.1 Å². The molecule has 1 aliphatic heterocycles. The number of nitrogens with zero attached hydrogens (tertiary/aromatic N) is 5. The van der Waals surface area contributed by atoms with Crippen LogP contribution in [0.1, 0.15) is 55.8 Å². The zero-order valence-electron chi connectivity index (χ0n) is 19.7. The second-order valence-corrected chi connectivity index (χ2v) is 8.55. The van der Waals surface area contributed by atoms with Crippen LogP contribution in [0.3, 0.4) is 0 Å². The van der Waals surface area contributed by atoms with Crippen molar-refractivity contribution in [2.75, 3.05) is 18.0 Å². The van der Waals surface area contributed by atoms with Crippen molar-refractivity contribution in [3.8, 4) is 0 Å². The van der Waals surface area contributed by atoms with E-state index in [-0.39, 0.29) is 5.78 Å². The lowest BCUT2D eigenvalue weighted by atomic mass is 10.0. The molecule has 0 aliphatic carbocycles. The first-order valence-electron chi connectivity index (χ1n) is 12.1. The van der Waals surface area contributed by atoms with Gasteiger partial charge in [-0.15, -0.1) is 0 Å². The van der Waals surface area contributed by atoms with E-state index in [0.29, 0.717) is 12.1 Å². The third kappa shape index (κ3) is 6.67. The Morgan fingerprint density at radius 1 is 0.676 bits per heavy atom. The molecule has 0 N–H and O–H groups in total. The maximum atomic E-state index is 12.2. The molecule has 34 heavy (non-hydrogen) atoms. The molecule has 1 saturated heterocycles. The van der Waals surface area contributed by atoms with Gasteiger partial charge in [0.05, 0.1) is 22.7 Å². The maximum absolute atomic E-state index is 12.2. The monoisotopic (exact) mass is 453 g/mol. The van der Waals surface area contributed by atoms with Crippen LogP contribution in [0.4, 0.5) is 28.4 Å². The Labute approximate surface area is 201 Å². The molecule has 0 spiro atoms. The van der Waals surface area contributed by atoms with Crippen molar-refractivity contribution in [1.82, 2.24) is 0 Å². The lowest BCUT2D eigenvalue weighted by molar-refractivity contribution is 0.0979. The fourth-order valence-electron chi connectivity index (χ4n) is 3.92. The number of hydrogen-bond acceptors (Lipinski definition) is 6. The van der Waals surface area contributed by atoms with Gasteiger partial charge in [0, 0.05) is 30.8 Å². The molecule has 4 rings (SSSR count). The summed E-state index contributed by atoms with van der Waals surface area (Å²) >= 11 is 0. The van der Waals surface area contributed by atoms with E-state index in [2.05, 4.69) is 44.4 Å². The molecule has 1 heterocycles. The van der Waals surface area contributed by atoms with Crippen LogP contribution in [-0.4, -0.2) is 18.9 Å². The molecule has 0 atom stereocenters. The van der Waals surface area contributed by atoms with Crippen molar-refractivity contribution in [1.29, 1.82) is 0 Å². The standard InChI is InChI=1S/C28H31N5O/c1-2-3-4-7-28(34)22-8-10-23(11-9-22)29-30-24-12-14-25(15-13-24)31-32-26-16-18-27(19-17-26)33-20-5-6-21-33/h8-19H,2-7,20-21H2,1H3. The van der Waals surface area contributed by atoms with Crippen molar-refractivity contribution in [2.24, 2.45) is 20.5 Å². The van der Waals surface area contributed by atoms with Crippen LogP contribution in [0.2, 0.25) is 0 Å². The average Bonchev–Trinajstić information content (AvgIpc) is 3.43. The highest BCUT2D eigenvalue weighted by atomic mass is 16.1. The summed E-state index contributed by atoms with van der Waals surface area (Å²) < 4.78 is 0. The maximum Gasteiger partial charge on any atom is 0.162 e. The summed E-state index contributed by atoms with van der Waals surface area (Å²) in [4.78, 5) is 14.6. The van der Waals surface area contributed by atoms with Gasteiger partial charge in [0.2, 0.25) is 0 Å².